The van der Waals surface area contributed by atoms with E-state index in [1.807, 2.05) is 0 Å². The molecule has 4 rings (SSSR count). The first-order valence-electron chi connectivity index (χ1n) is 10.6. The van der Waals surface area contributed by atoms with E-state index in [0.717, 1.165) is 58.7 Å². The Labute approximate surface area is 163 Å². The Balaban J connectivity index is 1.23. The molecule has 1 amide bonds. The average Bonchev–Trinajstić information content (AvgIpc) is 2.71. The minimum Gasteiger partial charge on any atom is -0.371 e. The second kappa shape index (κ2) is 8.72. The van der Waals surface area contributed by atoms with E-state index in [1.165, 1.54) is 24.8 Å². The van der Waals surface area contributed by atoms with Crippen LogP contribution in [-0.2, 0) is 16.1 Å². The predicted molar refractivity (Wildman–Crippen MR) is 107 cm³/mol. The van der Waals surface area contributed by atoms with Crippen molar-refractivity contribution in [3.05, 3.63) is 35.9 Å². The highest BCUT2D eigenvalue weighted by molar-refractivity contribution is 5.78. The lowest BCUT2D eigenvalue weighted by molar-refractivity contribution is -0.157. The van der Waals surface area contributed by atoms with Crippen LogP contribution in [0.1, 0.15) is 37.7 Å². The van der Waals surface area contributed by atoms with Crippen LogP contribution in [0.5, 0.6) is 0 Å². The highest BCUT2D eigenvalue weighted by Crippen LogP contribution is 2.34. The SMILES string of the molecule is O=C(CN1CCN(Cc2ccccc2)CC1)N1CCOC2(CCCCC2)C1. The number of nitrogens with zero attached hydrogens (tertiary/aromatic N) is 3. The summed E-state index contributed by atoms with van der Waals surface area (Å²) in [4.78, 5) is 19.8. The Kier molecular flexibility index (Phi) is 6.11. The zero-order chi connectivity index (χ0) is 18.5. The summed E-state index contributed by atoms with van der Waals surface area (Å²) >= 11 is 0. The van der Waals surface area contributed by atoms with Gasteiger partial charge in [0.2, 0.25) is 5.91 Å². The van der Waals surface area contributed by atoms with E-state index in [4.69, 9.17) is 4.74 Å². The molecule has 0 radical (unpaired) electrons. The van der Waals surface area contributed by atoms with Gasteiger partial charge in [0, 0.05) is 45.8 Å². The van der Waals surface area contributed by atoms with E-state index < -0.39 is 0 Å². The molecular formula is C22H33N3O2. The number of hydrogen-bond acceptors (Lipinski definition) is 4. The van der Waals surface area contributed by atoms with Crippen LogP contribution in [0.25, 0.3) is 0 Å². The maximum atomic E-state index is 12.9. The molecular weight excluding hydrogens is 338 g/mol. The van der Waals surface area contributed by atoms with Crippen LogP contribution in [0, 0.1) is 0 Å². The molecule has 1 spiro atoms. The number of morpholine rings is 1. The van der Waals surface area contributed by atoms with Gasteiger partial charge in [0.1, 0.15) is 0 Å². The Morgan fingerprint density at radius 1 is 0.926 bits per heavy atom. The normalized spacial score (nSPS) is 24.2. The van der Waals surface area contributed by atoms with Crippen LogP contribution in [-0.4, -0.2) is 78.6 Å². The molecule has 1 aromatic carbocycles. The van der Waals surface area contributed by atoms with Crippen LogP contribution in [0.15, 0.2) is 30.3 Å². The summed E-state index contributed by atoms with van der Waals surface area (Å²) in [5.74, 6) is 0.291. The first-order valence-corrected chi connectivity index (χ1v) is 10.6. The van der Waals surface area contributed by atoms with Crippen LogP contribution >= 0.6 is 0 Å². The zero-order valence-electron chi connectivity index (χ0n) is 16.4. The quantitative estimate of drug-likeness (QED) is 0.814. The number of piperazine rings is 1. The van der Waals surface area contributed by atoms with Crippen molar-refractivity contribution in [2.45, 2.75) is 44.2 Å². The van der Waals surface area contributed by atoms with Gasteiger partial charge in [-0.05, 0) is 18.4 Å². The van der Waals surface area contributed by atoms with Gasteiger partial charge in [0.25, 0.3) is 0 Å². The highest BCUT2D eigenvalue weighted by atomic mass is 16.5. The summed E-state index contributed by atoms with van der Waals surface area (Å²) in [5.41, 5.74) is 1.33. The fourth-order valence-electron chi connectivity index (χ4n) is 4.79. The lowest BCUT2D eigenvalue weighted by Gasteiger charge is -2.45. The number of hydrogen-bond donors (Lipinski definition) is 0. The van der Waals surface area contributed by atoms with Gasteiger partial charge in [-0.15, -0.1) is 0 Å². The van der Waals surface area contributed by atoms with Crippen LogP contribution in [0.3, 0.4) is 0 Å². The molecule has 2 heterocycles. The number of carbonyl (C=O) groups excluding carboxylic acids is 1. The fraction of sp³-hybridized carbons (Fsp3) is 0.682. The molecule has 5 nitrogen and oxygen atoms in total. The number of amides is 1. The molecule has 0 unspecified atom stereocenters. The Bertz CT molecular complexity index is 602. The summed E-state index contributed by atoms with van der Waals surface area (Å²) in [5, 5.41) is 0. The maximum Gasteiger partial charge on any atom is 0.236 e. The zero-order valence-corrected chi connectivity index (χ0v) is 16.4. The summed E-state index contributed by atoms with van der Waals surface area (Å²) in [6.45, 7) is 7.88. The average molecular weight is 372 g/mol. The van der Waals surface area contributed by atoms with Gasteiger partial charge in [0.05, 0.1) is 18.8 Å². The molecule has 27 heavy (non-hydrogen) atoms. The summed E-state index contributed by atoms with van der Waals surface area (Å²) in [7, 11) is 0. The molecule has 0 bridgehead atoms. The predicted octanol–water partition coefficient (Wildman–Crippen LogP) is 2.37. The molecule has 2 saturated heterocycles. The summed E-state index contributed by atoms with van der Waals surface area (Å²) in [6.07, 6.45) is 6.03. The molecule has 0 N–H and O–H groups in total. The first-order chi connectivity index (χ1) is 13.2. The van der Waals surface area contributed by atoms with Gasteiger partial charge in [-0.2, -0.15) is 0 Å². The van der Waals surface area contributed by atoms with Gasteiger partial charge >= 0.3 is 0 Å². The van der Waals surface area contributed by atoms with Crippen molar-refractivity contribution in [1.29, 1.82) is 0 Å². The number of ether oxygens (including phenoxy) is 1. The molecule has 0 atom stereocenters. The third kappa shape index (κ3) is 4.89. The van der Waals surface area contributed by atoms with Crippen molar-refractivity contribution in [2.24, 2.45) is 0 Å². The van der Waals surface area contributed by atoms with Crippen LogP contribution < -0.4 is 0 Å². The second-order valence-electron chi connectivity index (χ2n) is 8.45. The Morgan fingerprint density at radius 3 is 2.37 bits per heavy atom. The van der Waals surface area contributed by atoms with E-state index >= 15 is 0 Å². The molecule has 3 aliphatic rings. The van der Waals surface area contributed by atoms with Crippen molar-refractivity contribution >= 4 is 5.91 Å². The van der Waals surface area contributed by atoms with Crippen molar-refractivity contribution in [1.82, 2.24) is 14.7 Å². The molecule has 148 valence electrons. The molecule has 1 saturated carbocycles. The topological polar surface area (TPSA) is 36.0 Å². The van der Waals surface area contributed by atoms with Crippen molar-refractivity contribution in [3.8, 4) is 0 Å². The number of rotatable bonds is 4. The molecule has 2 aliphatic heterocycles. The van der Waals surface area contributed by atoms with E-state index in [9.17, 15) is 4.79 Å². The maximum absolute atomic E-state index is 12.9. The molecule has 1 aromatic rings. The van der Waals surface area contributed by atoms with Gasteiger partial charge in [-0.1, -0.05) is 49.6 Å². The molecule has 3 fully saturated rings. The van der Waals surface area contributed by atoms with Crippen molar-refractivity contribution < 1.29 is 9.53 Å². The van der Waals surface area contributed by atoms with Gasteiger partial charge < -0.3 is 9.64 Å². The largest absolute Gasteiger partial charge is 0.371 e. The van der Waals surface area contributed by atoms with E-state index in [-0.39, 0.29) is 5.60 Å². The van der Waals surface area contributed by atoms with E-state index in [2.05, 4.69) is 45.0 Å². The highest BCUT2D eigenvalue weighted by Gasteiger charge is 2.39. The number of benzene rings is 1. The second-order valence-corrected chi connectivity index (χ2v) is 8.45. The standard InChI is InChI=1S/C22H33N3O2/c26-21(25-15-16-27-22(19-25)9-5-2-6-10-22)18-24-13-11-23(12-14-24)17-20-7-3-1-4-8-20/h1,3-4,7-8H,2,5-6,9-19H2. The van der Waals surface area contributed by atoms with E-state index in [0.29, 0.717) is 19.1 Å². The fourth-order valence-corrected chi connectivity index (χ4v) is 4.79. The number of carbonyl (C=O) groups is 1. The lowest BCUT2D eigenvalue weighted by Crippen LogP contribution is -2.57. The third-order valence-corrected chi connectivity index (χ3v) is 6.44. The van der Waals surface area contributed by atoms with Crippen molar-refractivity contribution in [2.75, 3.05) is 52.4 Å². The molecule has 1 aliphatic carbocycles. The monoisotopic (exact) mass is 371 g/mol. The first kappa shape index (κ1) is 18.9. The molecule has 5 heteroatoms. The summed E-state index contributed by atoms with van der Waals surface area (Å²) in [6, 6.07) is 10.7. The van der Waals surface area contributed by atoms with Crippen molar-refractivity contribution in [3.63, 3.8) is 0 Å². The van der Waals surface area contributed by atoms with E-state index in [1.54, 1.807) is 0 Å². The minimum absolute atomic E-state index is 0.0411. The minimum atomic E-state index is -0.0411. The third-order valence-electron chi connectivity index (χ3n) is 6.44. The smallest absolute Gasteiger partial charge is 0.236 e. The van der Waals surface area contributed by atoms with Crippen LogP contribution in [0.2, 0.25) is 0 Å². The lowest BCUT2D eigenvalue weighted by atomic mass is 9.83. The summed E-state index contributed by atoms with van der Waals surface area (Å²) < 4.78 is 6.13. The van der Waals surface area contributed by atoms with Gasteiger partial charge in [0.15, 0.2) is 0 Å². The molecule has 0 aromatic heterocycles. The van der Waals surface area contributed by atoms with Crippen LogP contribution in [0.4, 0.5) is 0 Å². The van der Waals surface area contributed by atoms with Gasteiger partial charge in [-0.25, -0.2) is 0 Å². The van der Waals surface area contributed by atoms with Gasteiger partial charge in [-0.3, -0.25) is 14.6 Å². The Hall–Kier alpha value is -1.43. The Morgan fingerprint density at radius 2 is 1.63 bits per heavy atom.